The van der Waals surface area contributed by atoms with E-state index in [-0.39, 0.29) is 23.7 Å². The van der Waals surface area contributed by atoms with Crippen LogP contribution >= 0.6 is 0 Å². The minimum absolute atomic E-state index is 0.266. The van der Waals surface area contributed by atoms with E-state index in [0.29, 0.717) is 12.1 Å². The lowest BCUT2D eigenvalue weighted by molar-refractivity contribution is -0.142. The number of amides is 3. The van der Waals surface area contributed by atoms with Crippen molar-refractivity contribution in [2.45, 2.75) is 60.0 Å². The Hall–Kier alpha value is -4.26. The smallest absolute Gasteiger partial charge is 0.311 e. The number of aryl methyl sites for hydroxylation is 3. The van der Waals surface area contributed by atoms with Gasteiger partial charge in [0.1, 0.15) is 6.04 Å². The first-order valence-corrected chi connectivity index (χ1v) is 14.0. The third kappa shape index (κ3) is 4.94. The normalized spacial score (nSPS) is 18.2. The van der Waals surface area contributed by atoms with Crippen LogP contribution < -0.4 is 4.90 Å². The zero-order chi connectivity index (χ0) is 29.6. The molecule has 3 atom stereocenters. The summed E-state index contributed by atoms with van der Waals surface area (Å²) in [5.41, 5.74) is 4.17. The fraction of sp³-hybridized carbons (Fsp3) is 0.353. The molecule has 1 fully saturated rings. The Labute approximate surface area is 241 Å². The number of benzene rings is 3. The molecule has 1 unspecified atom stereocenters. The summed E-state index contributed by atoms with van der Waals surface area (Å²) in [6.07, 6.45) is 0.445. The van der Waals surface area contributed by atoms with Crippen LogP contribution in [-0.2, 0) is 14.3 Å². The quantitative estimate of drug-likeness (QED) is 0.278. The van der Waals surface area contributed by atoms with Crippen LogP contribution in [-0.4, -0.2) is 41.2 Å². The molecule has 0 aromatic heterocycles. The molecule has 0 spiro atoms. The van der Waals surface area contributed by atoms with Crippen molar-refractivity contribution in [1.82, 2.24) is 4.90 Å². The molecular formula is C34H36N2O5. The lowest BCUT2D eigenvalue weighted by atomic mass is 9.81. The second kappa shape index (κ2) is 10.6. The molecule has 3 amide bonds. The molecule has 0 aliphatic carbocycles. The zero-order valence-corrected chi connectivity index (χ0v) is 24.4. The minimum Gasteiger partial charge on any atom is -0.465 e. The van der Waals surface area contributed by atoms with Crippen LogP contribution in [0.2, 0.25) is 0 Å². The number of cyclic esters (lactones) is 1. The molecule has 3 aromatic rings. The average molecular weight is 553 g/mol. The van der Waals surface area contributed by atoms with Gasteiger partial charge in [0.05, 0.1) is 29.7 Å². The van der Waals surface area contributed by atoms with Gasteiger partial charge in [-0.3, -0.25) is 24.1 Å². The molecule has 2 heterocycles. The van der Waals surface area contributed by atoms with Crippen molar-refractivity contribution in [3.05, 3.63) is 100 Å². The van der Waals surface area contributed by atoms with Crippen molar-refractivity contribution in [3.8, 4) is 0 Å². The van der Waals surface area contributed by atoms with E-state index in [2.05, 4.69) is 12.1 Å². The number of rotatable bonds is 6. The van der Waals surface area contributed by atoms with Gasteiger partial charge >= 0.3 is 5.97 Å². The van der Waals surface area contributed by atoms with Crippen molar-refractivity contribution in [1.29, 1.82) is 0 Å². The van der Waals surface area contributed by atoms with Gasteiger partial charge in [-0.2, -0.15) is 0 Å². The van der Waals surface area contributed by atoms with E-state index in [1.54, 1.807) is 29.2 Å². The Morgan fingerprint density at radius 2 is 1.41 bits per heavy atom. The highest BCUT2D eigenvalue weighted by Gasteiger charge is 2.51. The molecule has 7 nitrogen and oxygen atoms in total. The van der Waals surface area contributed by atoms with Crippen LogP contribution in [0.25, 0.3) is 0 Å². The van der Waals surface area contributed by atoms with Gasteiger partial charge < -0.3 is 9.64 Å². The van der Waals surface area contributed by atoms with Crippen LogP contribution in [0.4, 0.5) is 5.69 Å². The molecule has 5 rings (SSSR count). The summed E-state index contributed by atoms with van der Waals surface area (Å²) < 4.78 is 5.45. The van der Waals surface area contributed by atoms with Crippen molar-refractivity contribution in [2.24, 2.45) is 11.3 Å². The van der Waals surface area contributed by atoms with Gasteiger partial charge in [-0.25, -0.2) is 0 Å². The Bertz CT molecular complexity index is 1480. The number of imide groups is 1. The van der Waals surface area contributed by atoms with E-state index in [1.165, 1.54) is 0 Å². The summed E-state index contributed by atoms with van der Waals surface area (Å²) in [6.45, 7) is 11.8. The maximum atomic E-state index is 15.1. The summed E-state index contributed by atoms with van der Waals surface area (Å²) in [5.74, 6) is -2.40. The standard InChI is InChI=1S/C34H36N2O5/c1-20-18-21(2)27(22(3)19-20)28(26-16-17-41-33(26)40)35(23-12-8-7-9-13-23)32(39)29(34(4,5)6)36-30(37)24-14-10-11-15-25(24)31(36)38/h7-15,18-19,26,28-29H,16-17H2,1-6H3/t26?,28-,29-/m1/s1. The largest absolute Gasteiger partial charge is 0.465 e. The fourth-order valence-corrected chi connectivity index (χ4v) is 6.42. The van der Waals surface area contributed by atoms with Gasteiger partial charge in [0.15, 0.2) is 0 Å². The van der Waals surface area contributed by atoms with E-state index < -0.39 is 41.1 Å². The van der Waals surface area contributed by atoms with Crippen molar-refractivity contribution in [2.75, 3.05) is 11.5 Å². The highest BCUT2D eigenvalue weighted by Crippen LogP contribution is 2.43. The number of esters is 1. The van der Waals surface area contributed by atoms with Crippen LogP contribution in [0.5, 0.6) is 0 Å². The minimum atomic E-state index is -1.14. The summed E-state index contributed by atoms with van der Waals surface area (Å²) in [7, 11) is 0. The molecule has 212 valence electrons. The SMILES string of the molecule is Cc1cc(C)c([C@@H](C2CCOC2=O)N(C(=O)[C@@H](N2C(=O)c3ccccc3C2=O)C(C)(C)C)c2ccccc2)c(C)c1. The molecule has 2 aliphatic rings. The molecular weight excluding hydrogens is 516 g/mol. The molecule has 0 N–H and O–H groups in total. The third-order valence-electron chi connectivity index (χ3n) is 8.08. The first-order chi connectivity index (χ1) is 19.4. The molecule has 3 aromatic carbocycles. The van der Waals surface area contributed by atoms with Crippen molar-refractivity contribution >= 4 is 29.4 Å². The number of nitrogens with zero attached hydrogens (tertiary/aromatic N) is 2. The van der Waals surface area contributed by atoms with Gasteiger partial charge in [-0.05, 0) is 73.6 Å². The second-order valence-corrected chi connectivity index (χ2v) is 12.2. The van der Waals surface area contributed by atoms with E-state index in [0.717, 1.165) is 27.2 Å². The van der Waals surface area contributed by atoms with Crippen LogP contribution in [0.1, 0.15) is 76.2 Å². The lowest BCUT2D eigenvalue weighted by Crippen LogP contribution is -2.58. The van der Waals surface area contributed by atoms with E-state index in [1.807, 2.05) is 71.9 Å². The number of para-hydroxylation sites is 1. The van der Waals surface area contributed by atoms with Gasteiger partial charge in [0, 0.05) is 5.69 Å². The van der Waals surface area contributed by atoms with Crippen LogP contribution in [0, 0.1) is 32.1 Å². The first kappa shape index (κ1) is 28.3. The zero-order valence-electron chi connectivity index (χ0n) is 24.4. The number of carbonyl (C=O) groups excluding carboxylic acids is 4. The number of anilines is 1. The number of hydrogen-bond donors (Lipinski definition) is 0. The predicted octanol–water partition coefficient (Wildman–Crippen LogP) is 5.96. The Morgan fingerprint density at radius 3 is 1.90 bits per heavy atom. The molecule has 2 aliphatic heterocycles. The third-order valence-corrected chi connectivity index (χ3v) is 8.08. The Balaban J connectivity index is 1.73. The fourth-order valence-electron chi connectivity index (χ4n) is 6.42. The predicted molar refractivity (Wildman–Crippen MR) is 157 cm³/mol. The van der Waals surface area contributed by atoms with Gasteiger partial charge in [-0.15, -0.1) is 0 Å². The number of ether oxygens (including phenoxy) is 1. The highest BCUT2D eigenvalue weighted by molar-refractivity contribution is 6.23. The van der Waals surface area contributed by atoms with Crippen molar-refractivity contribution < 1.29 is 23.9 Å². The van der Waals surface area contributed by atoms with Crippen molar-refractivity contribution in [3.63, 3.8) is 0 Å². The van der Waals surface area contributed by atoms with Crippen LogP contribution in [0.3, 0.4) is 0 Å². The summed E-state index contributed by atoms with van der Waals surface area (Å²) in [4.78, 5) is 58.5. The number of fused-ring (bicyclic) bond motifs is 1. The molecule has 7 heteroatoms. The molecule has 41 heavy (non-hydrogen) atoms. The topological polar surface area (TPSA) is 84.0 Å². The lowest BCUT2D eigenvalue weighted by Gasteiger charge is -2.43. The highest BCUT2D eigenvalue weighted by atomic mass is 16.5. The van der Waals surface area contributed by atoms with Crippen LogP contribution in [0.15, 0.2) is 66.7 Å². The molecule has 0 bridgehead atoms. The molecule has 0 saturated carbocycles. The number of carbonyl (C=O) groups is 4. The average Bonchev–Trinajstić information content (AvgIpc) is 3.44. The maximum absolute atomic E-state index is 15.1. The maximum Gasteiger partial charge on any atom is 0.311 e. The first-order valence-electron chi connectivity index (χ1n) is 14.0. The Morgan fingerprint density at radius 1 is 0.878 bits per heavy atom. The van der Waals surface area contributed by atoms with E-state index in [4.69, 9.17) is 4.74 Å². The second-order valence-electron chi connectivity index (χ2n) is 12.2. The molecule has 1 saturated heterocycles. The van der Waals surface area contributed by atoms with Gasteiger partial charge in [-0.1, -0.05) is 68.8 Å². The van der Waals surface area contributed by atoms with Gasteiger partial charge in [0.25, 0.3) is 17.7 Å². The summed E-state index contributed by atoms with van der Waals surface area (Å²) >= 11 is 0. The summed E-state index contributed by atoms with van der Waals surface area (Å²) in [5, 5.41) is 0. The number of hydrogen-bond acceptors (Lipinski definition) is 5. The summed E-state index contributed by atoms with van der Waals surface area (Å²) in [6, 6.07) is 18.1. The van der Waals surface area contributed by atoms with Gasteiger partial charge in [0.2, 0.25) is 0 Å². The van der Waals surface area contributed by atoms with E-state index in [9.17, 15) is 14.4 Å². The van der Waals surface area contributed by atoms with E-state index >= 15 is 4.79 Å². The Kier molecular flexibility index (Phi) is 7.32. The molecule has 0 radical (unpaired) electrons. The monoisotopic (exact) mass is 552 g/mol.